The van der Waals surface area contributed by atoms with Gasteiger partial charge in [-0.25, -0.2) is 4.39 Å². The van der Waals surface area contributed by atoms with E-state index in [4.69, 9.17) is 5.73 Å². The summed E-state index contributed by atoms with van der Waals surface area (Å²) in [5.41, 5.74) is 6.35. The molecule has 1 aliphatic carbocycles. The van der Waals surface area contributed by atoms with E-state index in [1.807, 2.05) is 19.9 Å². The molecule has 1 fully saturated rings. The third kappa shape index (κ3) is 4.68. The fraction of sp³-hybridized carbons (Fsp3) is 0.562. The highest BCUT2D eigenvalue weighted by atomic mass is 35.5. The van der Waals surface area contributed by atoms with Crippen LogP contribution in [0.4, 0.5) is 4.39 Å². The summed E-state index contributed by atoms with van der Waals surface area (Å²) >= 11 is 0. The molecule has 2 unspecified atom stereocenters. The molecule has 1 aromatic carbocycles. The van der Waals surface area contributed by atoms with Crippen LogP contribution in [0.3, 0.4) is 0 Å². The van der Waals surface area contributed by atoms with E-state index in [2.05, 4.69) is 5.32 Å². The van der Waals surface area contributed by atoms with E-state index in [0.29, 0.717) is 18.9 Å². The van der Waals surface area contributed by atoms with Gasteiger partial charge in [-0.1, -0.05) is 19.1 Å². The maximum atomic E-state index is 13.1. The summed E-state index contributed by atoms with van der Waals surface area (Å²) in [6.45, 7) is 4.33. The Morgan fingerprint density at radius 3 is 2.71 bits per heavy atom. The van der Waals surface area contributed by atoms with E-state index < -0.39 is 0 Å². The van der Waals surface area contributed by atoms with Gasteiger partial charge < -0.3 is 11.1 Å². The summed E-state index contributed by atoms with van der Waals surface area (Å²) in [7, 11) is 0. The largest absolute Gasteiger partial charge is 0.349 e. The first-order valence-corrected chi connectivity index (χ1v) is 7.21. The summed E-state index contributed by atoms with van der Waals surface area (Å²) in [6.07, 6.45) is 2.80. The lowest BCUT2D eigenvalue weighted by Gasteiger charge is -2.31. The number of amides is 1. The molecule has 118 valence electrons. The van der Waals surface area contributed by atoms with Crippen molar-refractivity contribution in [3.05, 3.63) is 35.6 Å². The Bertz CT molecular complexity index is 493. The highest BCUT2D eigenvalue weighted by molar-refractivity contribution is 5.85. The van der Waals surface area contributed by atoms with Crippen LogP contribution >= 0.6 is 12.4 Å². The Balaban J connectivity index is 0.00000220. The van der Waals surface area contributed by atoms with Crippen LogP contribution in [0, 0.1) is 17.7 Å². The molecule has 2 atom stereocenters. The maximum absolute atomic E-state index is 13.1. The molecule has 0 aromatic heterocycles. The van der Waals surface area contributed by atoms with Crippen molar-refractivity contribution in [2.24, 2.45) is 17.6 Å². The highest BCUT2D eigenvalue weighted by Crippen LogP contribution is 2.39. The molecular formula is C16H24ClFN2O. The van der Waals surface area contributed by atoms with E-state index in [0.717, 1.165) is 18.4 Å². The van der Waals surface area contributed by atoms with Gasteiger partial charge in [-0.15, -0.1) is 12.4 Å². The van der Waals surface area contributed by atoms with Gasteiger partial charge in [0.15, 0.2) is 0 Å². The van der Waals surface area contributed by atoms with Crippen molar-refractivity contribution in [2.45, 2.75) is 38.6 Å². The summed E-state index contributed by atoms with van der Waals surface area (Å²) in [6, 6.07) is 6.40. The minimum absolute atomic E-state index is 0. The molecule has 3 N–H and O–H groups in total. The fourth-order valence-electron chi connectivity index (χ4n) is 2.56. The number of carbonyl (C=O) groups is 1. The second-order valence-corrected chi connectivity index (χ2v) is 6.12. The summed E-state index contributed by atoms with van der Waals surface area (Å²) in [4.78, 5) is 12.3. The number of carbonyl (C=O) groups excluding carboxylic acids is 1. The molecule has 1 aliphatic rings. The lowest BCUT2D eigenvalue weighted by Crippen LogP contribution is -2.54. The minimum Gasteiger partial charge on any atom is -0.349 e. The van der Waals surface area contributed by atoms with Crippen LogP contribution in [-0.4, -0.2) is 18.0 Å². The quantitative estimate of drug-likeness (QED) is 0.848. The first-order chi connectivity index (χ1) is 9.44. The normalized spacial score (nSPS) is 18.3. The number of benzene rings is 1. The van der Waals surface area contributed by atoms with Crippen LogP contribution in [-0.2, 0) is 11.2 Å². The lowest BCUT2D eigenvalue weighted by atomic mass is 9.93. The molecule has 0 spiro atoms. The number of nitrogens with two attached hydrogens (primary N) is 1. The average Bonchev–Trinajstić information content (AvgIpc) is 3.23. The molecule has 2 rings (SSSR count). The number of hydrogen-bond acceptors (Lipinski definition) is 2. The van der Waals surface area contributed by atoms with E-state index in [1.54, 1.807) is 6.07 Å². The third-order valence-corrected chi connectivity index (χ3v) is 4.19. The Morgan fingerprint density at radius 2 is 2.19 bits per heavy atom. The van der Waals surface area contributed by atoms with Crippen molar-refractivity contribution in [1.29, 1.82) is 0 Å². The van der Waals surface area contributed by atoms with E-state index in [9.17, 15) is 9.18 Å². The Morgan fingerprint density at radius 1 is 1.52 bits per heavy atom. The zero-order valence-electron chi connectivity index (χ0n) is 12.6. The van der Waals surface area contributed by atoms with Gasteiger partial charge in [0.2, 0.25) is 5.91 Å². The molecular weight excluding hydrogens is 291 g/mol. The van der Waals surface area contributed by atoms with Crippen LogP contribution in [0.5, 0.6) is 0 Å². The van der Waals surface area contributed by atoms with Crippen molar-refractivity contribution >= 4 is 18.3 Å². The Hall–Kier alpha value is -1.13. The highest BCUT2D eigenvalue weighted by Gasteiger charge is 2.41. The van der Waals surface area contributed by atoms with Crippen molar-refractivity contribution < 1.29 is 9.18 Å². The van der Waals surface area contributed by atoms with Crippen LogP contribution < -0.4 is 11.1 Å². The van der Waals surface area contributed by atoms with Crippen molar-refractivity contribution in [3.8, 4) is 0 Å². The van der Waals surface area contributed by atoms with E-state index >= 15 is 0 Å². The molecule has 1 amide bonds. The third-order valence-electron chi connectivity index (χ3n) is 4.19. The number of hydrogen-bond donors (Lipinski definition) is 2. The second kappa shape index (κ2) is 7.23. The summed E-state index contributed by atoms with van der Waals surface area (Å²) in [5.74, 6) is 0.0354. The lowest BCUT2D eigenvalue weighted by molar-refractivity contribution is -0.126. The minimum atomic E-state index is -0.298. The van der Waals surface area contributed by atoms with Gasteiger partial charge >= 0.3 is 0 Å². The molecule has 5 heteroatoms. The molecule has 0 bridgehead atoms. The topological polar surface area (TPSA) is 55.1 Å². The number of halogens is 2. The van der Waals surface area contributed by atoms with Gasteiger partial charge in [0.1, 0.15) is 5.82 Å². The fourth-order valence-corrected chi connectivity index (χ4v) is 2.56. The molecule has 1 saturated carbocycles. The Kier molecular flexibility index (Phi) is 6.17. The first kappa shape index (κ1) is 17.9. The number of rotatable bonds is 6. The molecule has 0 radical (unpaired) electrons. The molecule has 3 nitrogen and oxygen atoms in total. The molecule has 1 aromatic rings. The van der Waals surface area contributed by atoms with Gasteiger partial charge in [0.05, 0.1) is 5.54 Å². The van der Waals surface area contributed by atoms with Gasteiger partial charge in [-0.3, -0.25) is 4.79 Å². The first-order valence-electron chi connectivity index (χ1n) is 7.21. The molecule has 0 heterocycles. The van der Waals surface area contributed by atoms with Crippen LogP contribution in [0.2, 0.25) is 0 Å². The monoisotopic (exact) mass is 314 g/mol. The van der Waals surface area contributed by atoms with Crippen molar-refractivity contribution in [2.75, 3.05) is 6.54 Å². The van der Waals surface area contributed by atoms with Crippen LogP contribution in [0.1, 0.15) is 32.3 Å². The van der Waals surface area contributed by atoms with E-state index in [1.165, 1.54) is 12.1 Å². The summed E-state index contributed by atoms with van der Waals surface area (Å²) < 4.78 is 13.1. The smallest absolute Gasteiger partial charge is 0.223 e. The predicted octanol–water partition coefficient (Wildman–Crippen LogP) is 2.67. The SMILES string of the molecule is CC(Cc1cccc(F)c1)C(=O)NC(C)(CN)C1CC1.Cl. The van der Waals surface area contributed by atoms with Crippen molar-refractivity contribution in [1.82, 2.24) is 5.32 Å². The zero-order valence-corrected chi connectivity index (χ0v) is 13.4. The van der Waals surface area contributed by atoms with Gasteiger partial charge in [0.25, 0.3) is 0 Å². The maximum Gasteiger partial charge on any atom is 0.223 e. The van der Waals surface area contributed by atoms with Gasteiger partial charge in [-0.2, -0.15) is 0 Å². The van der Waals surface area contributed by atoms with E-state index in [-0.39, 0.29) is 35.6 Å². The van der Waals surface area contributed by atoms with Gasteiger partial charge in [-0.05, 0) is 49.8 Å². The number of nitrogens with one attached hydrogen (secondary N) is 1. The zero-order chi connectivity index (χ0) is 14.8. The molecule has 0 saturated heterocycles. The molecule has 21 heavy (non-hydrogen) atoms. The predicted molar refractivity (Wildman–Crippen MR) is 84.8 cm³/mol. The summed E-state index contributed by atoms with van der Waals surface area (Å²) in [5, 5.41) is 3.08. The second-order valence-electron chi connectivity index (χ2n) is 6.12. The van der Waals surface area contributed by atoms with Crippen LogP contribution in [0.15, 0.2) is 24.3 Å². The Labute approximate surface area is 131 Å². The van der Waals surface area contributed by atoms with Crippen LogP contribution in [0.25, 0.3) is 0 Å². The average molecular weight is 315 g/mol. The van der Waals surface area contributed by atoms with Gasteiger partial charge in [0, 0.05) is 12.5 Å². The standard InChI is InChI=1S/C16H23FN2O.ClH/c1-11(8-12-4-3-5-14(17)9-12)15(20)19-16(2,10-18)13-6-7-13;/h3-5,9,11,13H,6-8,10,18H2,1-2H3,(H,19,20);1H. The molecule has 0 aliphatic heterocycles. The van der Waals surface area contributed by atoms with Crippen molar-refractivity contribution in [3.63, 3.8) is 0 Å².